The van der Waals surface area contributed by atoms with Crippen LogP contribution in [-0.4, -0.2) is 34.5 Å². The monoisotopic (exact) mass is 336 g/mol. The summed E-state index contributed by atoms with van der Waals surface area (Å²) in [5.74, 6) is -0.896. The molecule has 1 fully saturated rings. The quantitative estimate of drug-likeness (QED) is 0.620. The Morgan fingerprint density at radius 1 is 1.36 bits per heavy atom. The number of alkyl halides is 3. The molecule has 1 aliphatic carbocycles. The smallest absolute Gasteiger partial charge is 0.327 e. The zero-order valence-electron chi connectivity index (χ0n) is 11.3. The van der Waals surface area contributed by atoms with Crippen molar-refractivity contribution in [1.82, 2.24) is 4.90 Å². The Morgan fingerprint density at radius 2 is 2.00 bits per heavy atom. The van der Waals surface area contributed by atoms with Gasteiger partial charge in [0.2, 0.25) is 0 Å². The first kappa shape index (κ1) is 16.5. The topological polar surface area (TPSA) is 63.4 Å². The number of carbonyl (C=O) groups excluding carboxylic acids is 1. The van der Waals surface area contributed by atoms with Crippen molar-refractivity contribution >= 4 is 23.2 Å². The molecule has 0 atom stereocenters. The Morgan fingerprint density at radius 3 is 2.45 bits per heavy atom. The van der Waals surface area contributed by atoms with Gasteiger partial charge in [-0.25, -0.2) is 0 Å². The lowest BCUT2D eigenvalue weighted by atomic mass is 9.91. The average Bonchev–Trinajstić information content (AvgIpc) is 2.32. The fraction of sp³-hybridized carbons (Fsp3) is 0.462. The Labute approximate surface area is 128 Å². The van der Waals surface area contributed by atoms with Gasteiger partial charge in [-0.15, -0.1) is 0 Å². The van der Waals surface area contributed by atoms with Crippen LogP contribution in [0.2, 0.25) is 5.02 Å². The van der Waals surface area contributed by atoms with Crippen molar-refractivity contribution in [1.29, 1.82) is 0 Å². The molecule has 0 heterocycles. The van der Waals surface area contributed by atoms with Crippen LogP contribution in [0.4, 0.5) is 18.9 Å². The fourth-order valence-electron chi connectivity index (χ4n) is 2.23. The van der Waals surface area contributed by atoms with E-state index in [1.807, 2.05) is 0 Å². The summed E-state index contributed by atoms with van der Waals surface area (Å²) in [6.07, 6.45) is -2.80. The summed E-state index contributed by atoms with van der Waals surface area (Å²) in [6.45, 7) is -1.38. The van der Waals surface area contributed by atoms with E-state index in [1.165, 1.54) is 0 Å². The molecule has 2 rings (SSSR count). The molecule has 9 heteroatoms. The second kappa shape index (κ2) is 6.12. The summed E-state index contributed by atoms with van der Waals surface area (Å²) in [5.41, 5.74) is -0.647. The van der Waals surface area contributed by atoms with Crippen molar-refractivity contribution in [3.8, 4) is 0 Å². The van der Waals surface area contributed by atoms with E-state index in [4.69, 9.17) is 11.6 Å². The normalized spacial score (nSPS) is 15.3. The molecule has 22 heavy (non-hydrogen) atoms. The number of carbonyl (C=O) groups is 1. The molecule has 1 aromatic carbocycles. The van der Waals surface area contributed by atoms with E-state index >= 15 is 0 Å². The van der Waals surface area contributed by atoms with Gasteiger partial charge in [0.05, 0.1) is 4.92 Å². The molecule has 0 aliphatic heterocycles. The van der Waals surface area contributed by atoms with Gasteiger partial charge in [-0.2, -0.15) is 13.2 Å². The third-order valence-corrected chi connectivity index (χ3v) is 3.68. The van der Waals surface area contributed by atoms with Crippen molar-refractivity contribution in [2.75, 3.05) is 6.54 Å². The first-order valence-corrected chi connectivity index (χ1v) is 6.88. The molecule has 0 unspecified atom stereocenters. The molecular weight excluding hydrogens is 325 g/mol. The van der Waals surface area contributed by atoms with E-state index in [-0.39, 0.29) is 10.6 Å². The molecule has 0 spiro atoms. The predicted molar refractivity (Wildman–Crippen MR) is 72.8 cm³/mol. The van der Waals surface area contributed by atoms with Gasteiger partial charge in [-0.3, -0.25) is 14.9 Å². The number of nitrogens with zero attached hydrogens (tertiary/aromatic N) is 2. The second-order valence-corrected chi connectivity index (χ2v) is 5.52. The number of benzene rings is 1. The lowest BCUT2D eigenvalue weighted by Gasteiger charge is -2.38. The van der Waals surface area contributed by atoms with Gasteiger partial charge >= 0.3 is 6.18 Å². The number of amides is 1. The molecule has 1 aliphatic rings. The minimum absolute atomic E-state index is 0.0712. The maximum absolute atomic E-state index is 12.7. The summed E-state index contributed by atoms with van der Waals surface area (Å²) < 4.78 is 38.0. The molecule has 1 aromatic rings. The van der Waals surface area contributed by atoms with Crippen LogP contribution in [-0.2, 0) is 0 Å². The summed E-state index contributed by atoms with van der Waals surface area (Å²) in [5, 5.41) is 10.7. The SMILES string of the molecule is O=C(c1cc(Cl)cc([N+](=O)[O-])c1)N(CC(F)(F)F)C1CCC1. The van der Waals surface area contributed by atoms with Gasteiger partial charge in [0.25, 0.3) is 11.6 Å². The predicted octanol–water partition coefficient (Wildman–Crippen LogP) is 3.81. The number of non-ortho nitro benzene ring substituents is 1. The summed E-state index contributed by atoms with van der Waals surface area (Å²) >= 11 is 5.71. The van der Waals surface area contributed by atoms with E-state index in [2.05, 4.69) is 0 Å². The molecule has 0 aromatic heterocycles. The molecule has 1 saturated carbocycles. The molecule has 0 radical (unpaired) electrons. The minimum atomic E-state index is -4.53. The van der Waals surface area contributed by atoms with Crippen LogP contribution in [0, 0.1) is 10.1 Å². The second-order valence-electron chi connectivity index (χ2n) is 5.09. The van der Waals surface area contributed by atoms with Gasteiger partial charge in [-0.1, -0.05) is 11.6 Å². The van der Waals surface area contributed by atoms with Crippen LogP contribution >= 0.6 is 11.6 Å². The van der Waals surface area contributed by atoms with Crippen LogP contribution in [0.3, 0.4) is 0 Å². The molecule has 0 N–H and O–H groups in total. The number of hydrogen-bond acceptors (Lipinski definition) is 3. The molecular formula is C13H12ClF3N2O3. The Kier molecular flexibility index (Phi) is 4.60. The third-order valence-electron chi connectivity index (χ3n) is 3.47. The highest BCUT2D eigenvalue weighted by Gasteiger charge is 2.39. The fourth-order valence-corrected chi connectivity index (χ4v) is 2.46. The highest BCUT2D eigenvalue weighted by atomic mass is 35.5. The van der Waals surface area contributed by atoms with Gasteiger partial charge in [0.15, 0.2) is 0 Å². The molecule has 0 saturated heterocycles. The van der Waals surface area contributed by atoms with Crippen molar-refractivity contribution in [3.05, 3.63) is 38.9 Å². The van der Waals surface area contributed by atoms with Gasteiger partial charge in [0, 0.05) is 28.8 Å². The van der Waals surface area contributed by atoms with E-state index < -0.39 is 35.3 Å². The zero-order chi connectivity index (χ0) is 16.5. The van der Waals surface area contributed by atoms with E-state index in [0.29, 0.717) is 12.8 Å². The summed E-state index contributed by atoms with van der Waals surface area (Å²) in [6, 6.07) is 2.62. The molecule has 120 valence electrons. The number of nitro groups is 1. The van der Waals surface area contributed by atoms with Crippen LogP contribution in [0.15, 0.2) is 18.2 Å². The van der Waals surface area contributed by atoms with Crippen LogP contribution in [0.25, 0.3) is 0 Å². The summed E-state index contributed by atoms with van der Waals surface area (Å²) in [4.78, 5) is 23.1. The highest BCUT2D eigenvalue weighted by molar-refractivity contribution is 6.31. The van der Waals surface area contributed by atoms with E-state index in [1.54, 1.807) is 0 Å². The van der Waals surface area contributed by atoms with Gasteiger partial charge in [0.1, 0.15) is 6.54 Å². The number of nitro benzene ring substituents is 1. The summed E-state index contributed by atoms with van der Waals surface area (Å²) in [7, 11) is 0. The highest BCUT2D eigenvalue weighted by Crippen LogP contribution is 2.31. The van der Waals surface area contributed by atoms with Crippen molar-refractivity contribution in [3.63, 3.8) is 0 Å². The number of rotatable bonds is 4. The standard InChI is InChI=1S/C13H12ClF3N2O3/c14-9-4-8(5-11(6-9)19(21)22)12(20)18(7-13(15,16)17)10-2-1-3-10/h4-6,10H,1-3,7H2. The maximum Gasteiger partial charge on any atom is 0.406 e. The lowest BCUT2D eigenvalue weighted by molar-refractivity contribution is -0.384. The Hall–Kier alpha value is -1.83. The molecule has 0 bridgehead atoms. The largest absolute Gasteiger partial charge is 0.406 e. The maximum atomic E-state index is 12.7. The average molecular weight is 337 g/mol. The first-order chi connectivity index (χ1) is 10.2. The van der Waals surface area contributed by atoms with Crippen LogP contribution in [0.1, 0.15) is 29.6 Å². The molecule has 1 amide bonds. The van der Waals surface area contributed by atoms with Gasteiger partial charge < -0.3 is 4.90 Å². The lowest BCUT2D eigenvalue weighted by Crippen LogP contribution is -2.48. The van der Waals surface area contributed by atoms with Crippen molar-refractivity contribution in [2.24, 2.45) is 0 Å². The third kappa shape index (κ3) is 3.88. The first-order valence-electron chi connectivity index (χ1n) is 6.50. The van der Waals surface area contributed by atoms with E-state index in [0.717, 1.165) is 29.5 Å². The van der Waals surface area contributed by atoms with Crippen molar-refractivity contribution in [2.45, 2.75) is 31.5 Å². The number of halogens is 4. The van der Waals surface area contributed by atoms with Gasteiger partial charge in [-0.05, 0) is 25.3 Å². The van der Waals surface area contributed by atoms with Crippen molar-refractivity contribution < 1.29 is 22.9 Å². The van der Waals surface area contributed by atoms with Crippen LogP contribution in [0.5, 0.6) is 0 Å². The Balaban J connectivity index is 2.32. The van der Waals surface area contributed by atoms with Crippen LogP contribution < -0.4 is 0 Å². The van der Waals surface area contributed by atoms with E-state index in [9.17, 15) is 28.1 Å². The molecule has 5 nitrogen and oxygen atoms in total. The Bertz CT molecular complexity index is 603. The minimum Gasteiger partial charge on any atom is -0.327 e. The number of hydrogen-bond donors (Lipinski definition) is 0. The zero-order valence-corrected chi connectivity index (χ0v) is 12.0.